The molecule has 0 saturated carbocycles. The van der Waals surface area contributed by atoms with Gasteiger partial charge in [0.25, 0.3) is 0 Å². The zero-order chi connectivity index (χ0) is 25.0. The molecule has 9 nitrogen and oxygen atoms in total. The van der Waals surface area contributed by atoms with Gasteiger partial charge in [-0.3, -0.25) is 9.97 Å². The van der Waals surface area contributed by atoms with E-state index < -0.39 is 0 Å². The third-order valence-corrected chi connectivity index (χ3v) is 7.18. The topological polar surface area (TPSA) is 117 Å². The van der Waals surface area contributed by atoms with Crippen molar-refractivity contribution in [2.75, 3.05) is 51.5 Å². The van der Waals surface area contributed by atoms with Crippen molar-refractivity contribution in [3.05, 3.63) is 59.5 Å². The van der Waals surface area contributed by atoms with Crippen molar-refractivity contribution >= 4 is 17.6 Å². The Kier molecular flexibility index (Phi) is 7.01. The number of thioether (sulfide) groups is 1. The Hall–Kier alpha value is -3.70. The van der Waals surface area contributed by atoms with Crippen LogP contribution in [0.25, 0.3) is 11.3 Å². The van der Waals surface area contributed by atoms with Crippen LogP contribution in [0.2, 0.25) is 0 Å². The molecule has 2 fully saturated rings. The van der Waals surface area contributed by atoms with Crippen LogP contribution in [0.1, 0.15) is 16.8 Å². The fraction of sp³-hybridized carbons (Fsp3) is 0.346. The minimum atomic E-state index is 0.142. The lowest BCUT2D eigenvalue weighted by molar-refractivity contribution is -0.127. The van der Waals surface area contributed by atoms with Gasteiger partial charge in [-0.25, -0.2) is 4.98 Å². The summed E-state index contributed by atoms with van der Waals surface area (Å²) in [4.78, 5) is 15.9. The number of nitrogens with zero attached hydrogens (tertiary/aromatic N) is 6. The van der Waals surface area contributed by atoms with E-state index in [2.05, 4.69) is 27.0 Å². The van der Waals surface area contributed by atoms with Crippen LogP contribution in [0.5, 0.6) is 5.75 Å². The second-order valence-corrected chi connectivity index (χ2v) is 9.73. The van der Waals surface area contributed by atoms with Gasteiger partial charge in [-0.15, -0.1) is 0 Å². The first kappa shape index (κ1) is 24.0. The van der Waals surface area contributed by atoms with Crippen molar-refractivity contribution in [2.45, 2.75) is 10.8 Å². The Balaban J connectivity index is 1.54. The van der Waals surface area contributed by atoms with Gasteiger partial charge in [0.05, 0.1) is 48.4 Å². The molecule has 5 heterocycles. The van der Waals surface area contributed by atoms with Crippen molar-refractivity contribution < 1.29 is 14.2 Å². The lowest BCUT2D eigenvalue weighted by Crippen LogP contribution is -2.66. The van der Waals surface area contributed by atoms with Gasteiger partial charge in [-0.05, 0) is 24.3 Å². The first-order valence-corrected chi connectivity index (χ1v) is 12.5. The maximum atomic E-state index is 10.2. The van der Waals surface area contributed by atoms with E-state index in [-0.39, 0.29) is 5.41 Å². The fourth-order valence-corrected chi connectivity index (χ4v) is 5.22. The number of anilines is 1. The normalized spacial score (nSPS) is 15.5. The van der Waals surface area contributed by atoms with Gasteiger partial charge in [0.1, 0.15) is 40.9 Å². The number of hydrogen-bond donors (Lipinski definition) is 0. The van der Waals surface area contributed by atoms with Crippen LogP contribution in [0.4, 0.5) is 5.82 Å². The van der Waals surface area contributed by atoms with Gasteiger partial charge in [0.15, 0.2) is 0 Å². The summed E-state index contributed by atoms with van der Waals surface area (Å²) in [5.74, 6) is 1.71. The molecule has 3 aromatic heterocycles. The molecule has 1 spiro atoms. The fourth-order valence-electron chi connectivity index (χ4n) is 4.32. The SMILES string of the molecule is COCCOc1ccc(-c2c(C#N)c(SCc3ccccn3)nc(N3CC4(COC4)C3)c2C#N)nc1. The summed E-state index contributed by atoms with van der Waals surface area (Å²) in [5, 5.41) is 21.0. The molecule has 2 aliphatic rings. The van der Waals surface area contributed by atoms with E-state index in [4.69, 9.17) is 19.2 Å². The van der Waals surface area contributed by atoms with Crippen LogP contribution in [0.3, 0.4) is 0 Å². The largest absolute Gasteiger partial charge is 0.490 e. The second-order valence-electron chi connectivity index (χ2n) is 8.77. The van der Waals surface area contributed by atoms with Crippen LogP contribution in [0, 0.1) is 28.1 Å². The molecule has 0 radical (unpaired) electrons. The molecule has 0 atom stereocenters. The average Bonchev–Trinajstić information content (AvgIpc) is 2.86. The van der Waals surface area contributed by atoms with E-state index in [9.17, 15) is 10.5 Å². The second kappa shape index (κ2) is 10.5. The van der Waals surface area contributed by atoms with Gasteiger partial charge in [-0.2, -0.15) is 10.5 Å². The Morgan fingerprint density at radius 3 is 2.53 bits per heavy atom. The van der Waals surface area contributed by atoms with Crippen LogP contribution >= 0.6 is 11.8 Å². The zero-order valence-corrected chi connectivity index (χ0v) is 20.6. The predicted molar refractivity (Wildman–Crippen MR) is 134 cm³/mol. The number of ether oxygens (including phenoxy) is 3. The summed E-state index contributed by atoms with van der Waals surface area (Å²) in [6.45, 7) is 3.85. The lowest BCUT2D eigenvalue weighted by atomic mass is 9.78. The van der Waals surface area contributed by atoms with Gasteiger partial charge in [0, 0.05) is 37.7 Å². The molecule has 2 saturated heterocycles. The predicted octanol–water partition coefficient (Wildman–Crippen LogP) is 3.44. The summed E-state index contributed by atoms with van der Waals surface area (Å²) < 4.78 is 16.1. The number of nitriles is 2. The molecule has 0 aliphatic carbocycles. The van der Waals surface area contributed by atoms with Crippen molar-refractivity contribution in [1.82, 2.24) is 15.0 Å². The van der Waals surface area contributed by atoms with Gasteiger partial charge in [0.2, 0.25) is 0 Å². The van der Waals surface area contributed by atoms with E-state index in [0.29, 0.717) is 57.9 Å². The summed E-state index contributed by atoms with van der Waals surface area (Å²) in [6, 6.07) is 13.9. The molecule has 0 unspecified atom stereocenters. The van der Waals surface area contributed by atoms with E-state index in [1.807, 2.05) is 18.2 Å². The minimum absolute atomic E-state index is 0.142. The quantitative estimate of drug-likeness (QED) is 0.319. The maximum absolute atomic E-state index is 10.2. The number of methoxy groups -OCH3 is 1. The average molecular weight is 501 g/mol. The number of pyridine rings is 3. The summed E-state index contributed by atoms with van der Waals surface area (Å²) >= 11 is 1.43. The van der Waals surface area contributed by atoms with Gasteiger partial charge >= 0.3 is 0 Å². The molecule has 2 aliphatic heterocycles. The lowest BCUT2D eigenvalue weighted by Gasteiger charge is -2.55. The highest BCUT2D eigenvalue weighted by atomic mass is 32.2. The summed E-state index contributed by atoms with van der Waals surface area (Å²) in [5.41, 5.74) is 2.72. The standard InChI is InChI=1S/C26H24N6O3S/c1-33-8-9-35-19-5-6-22(30-12-19)23-20(10-27)24(32-14-26(15-32)16-34-17-26)31-25(21(23)11-28)36-13-18-4-2-3-7-29-18/h2-7,12H,8-9,13-17H2,1H3. The molecule has 0 N–H and O–H groups in total. The smallest absolute Gasteiger partial charge is 0.148 e. The monoisotopic (exact) mass is 500 g/mol. The van der Waals surface area contributed by atoms with Gasteiger partial charge < -0.3 is 19.1 Å². The van der Waals surface area contributed by atoms with Crippen molar-refractivity contribution in [3.8, 4) is 29.1 Å². The van der Waals surface area contributed by atoms with Gasteiger partial charge in [-0.1, -0.05) is 17.8 Å². The molecular weight excluding hydrogens is 476 g/mol. The van der Waals surface area contributed by atoms with Crippen LogP contribution in [-0.4, -0.2) is 61.6 Å². The van der Waals surface area contributed by atoms with Crippen molar-refractivity contribution in [1.29, 1.82) is 10.5 Å². The van der Waals surface area contributed by atoms with E-state index in [0.717, 1.165) is 32.0 Å². The van der Waals surface area contributed by atoms with Crippen molar-refractivity contribution in [2.24, 2.45) is 5.41 Å². The van der Waals surface area contributed by atoms with Crippen LogP contribution in [0.15, 0.2) is 47.8 Å². The number of rotatable bonds is 9. The van der Waals surface area contributed by atoms with E-state index in [1.54, 1.807) is 31.6 Å². The third-order valence-electron chi connectivity index (χ3n) is 6.17. The van der Waals surface area contributed by atoms with E-state index in [1.165, 1.54) is 11.8 Å². The molecule has 36 heavy (non-hydrogen) atoms. The molecule has 0 amide bonds. The Morgan fingerprint density at radius 2 is 1.92 bits per heavy atom. The minimum Gasteiger partial charge on any atom is -0.490 e. The Morgan fingerprint density at radius 1 is 1.08 bits per heavy atom. The van der Waals surface area contributed by atoms with Crippen LogP contribution in [-0.2, 0) is 15.2 Å². The Bertz CT molecular complexity index is 1310. The zero-order valence-electron chi connectivity index (χ0n) is 19.8. The van der Waals surface area contributed by atoms with Crippen LogP contribution < -0.4 is 9.64 Å². The Labute approximate surface area is 213 Å². The van der Waals surface area contributed by atoms with Crippen molar-refractivity contribution in [3.63, 3.8) is 0 Å². The summed E-state index contributed by atoms with van der Waals surface area (Å²) in [7, 11) is 1.61. The molecular formula is C26H24N6O3S. The molecule has 3 aromatic rings. The molecule has 0 bridgehead atoms. The first-order valence-electron chi connectivity index (χ1n) is 11.5. The molecule has 182 valence electrons. The number of hydrogen-bond acceptors (Lipinski definition) is 10. The highest BCUT2D eigenvalue weighted by Crippen LogP contribution is 2.44. The summed E-state index contributed by atoms with van der Waals surface area (Å²) in [6.07, 6.45) is 3.34. The highest BCUT2D eigenvalue weighted by molar-refractivity contribution is 7.98. The first-order chi connectivity index (χ1) is 17.7. The van der Waals surface area contributed by atoms with E-state index >= 15 is 0 Å². The number of aromatic nitrogens is 3. The molecule has 0 aromatic carbocycles. The maximum Gasteiger partial charge on any atom is 0.148 e. The highest BCUT2D eigenvalue weighted by Gasteiger charge is 2.50. The third kappa shape index (κ3) is 4.71. The molecule has 5 rings (SSSR count). The molecule has 10 heteroatoms.